The lowest BCUT2D eigenvalue weighted by atomic mass is 10.1. The van der Waals surface area contributed by atoms with E-state index in [4.69, 9.17) is 4.74 Å². The molecule has 0 heterocycles. The summed E-state index contributed by atoms with van der Waals surface area (Å²) in [5.74, 6) is 0.0443. The molecule has 0 aliphatic rings. The van der Waals surface area contributed by atoms with Gasteiger partial charge in [-0.25, -0.2) is 9.69 Å². The van der Waals surface area contributed by atoms with Crippen molar-refractivity contribution < 1.29 is 14.3 Å². The molecule has 0 radical (unpaired) electrons. The Kier molecular flexibility index (Phi) is 7.05. The van der Waals surface area contributed by atoms with Gasteiger partial charge in [-0.1, -0.05) is 13.8 Å². The molecule has 0 rings (SSSR count). The van der Waals surface area contributed by atoms with Crippen LogP contribution in [0.15, 0.2) is 0 Å². The SMILES string of the molecule is CC(C)CC(=O)N(CCN(C)C)C(=O)OC(C)(C)C. The van der Waals surface area contributed by atoms with E-state index < -0.39 is 11.7 Å². The van der Waals surface area contributed by atoms with Gasteiger partial charge in [0.15, 0.2) is 0 Å². The lowest BCUT2D eigenvalue weighted by molar-refractivity contribution is -0.131. The third-order valence-electron chi connectivity index (χ3n) is 2.27. The van der Waals surface area contributed by atoms with Crippen molar-refractivity contribution in [3.63, 3.8) is 0 Å². The first kappa shape index (κ1) is 17.9. The van der Waals surface area contributed by atoms with E-state index in [0.29, 0.717) is 19.5 Å². The molecule has 5 heteroatoms. The number of imide groups is 1. The van der Waals surface area contributed by atoms with Crippen LogP contribution in [0.3, 0.4) is 0 Å². The second-order valence-corrected chi connectivity index (χ2v) is 6.43. The Morgan fingerprint density at radius 1 is 1.11 bits per heavy atom. The van der Waals surface area contributed by atoms with Crippen LogP contribution >= 0.6 is 0 Å². The summed E-state index contributed by atoms with van der Waals surface area (Å²) in [6.07, 6.45) is -0.202. The van der Waals surface area contributed by atoms with Gasteiger partial charge in [0.2, 0.25) is 5.91 Å². The van der Waals surface area contributed by atoms with Gasteiger partial charge in [0, 0.05) is 19.5 Å². The number of carbonyl (C=O) groups is 2. The first-order valence-corrected chi connectivity index (χ1v) is 6.71. The highest BCUT2D eigenvalue weighted by Crippen LogP contribution is 2.12. The zero-order valence-electron chi connectivity index (χ0n) is 13.3. The van der Waals surface area contributed by atoms with E-state index >= 15 is 0 Å². The fraction of sp³-hybridized carbons (Fsp3) is 0.857. The summed E-state index contributed by atoms with van der Waals surface area (Å²) in [6, 6.07) is 0. The number of hydrogen-bond donors (Lipinski definition) is 0. The molecular formula is C14H28N2O3. The van der Waals surface area contributed by atoms with E-state index in [2.05, 4.69) is 0 Å². The molecule has 0 bridgehead atoms. The summed E-state index contributed by atoms with van der Waals surface area (Å²) in [5, 5.41) is 0. The normalized spacial score (nSPS) is 11.8. The Bertz CT molecular complexity index is 306. The van der Waals surface area contributed by atoms with Crippen molar-refractivity contribution in [2.45, 2.75) is 46.6 Å². The van der Waals surface area contributed by atoms with Crippen LogP contribution < -0.4 is 0 Å². The van der Waals surface area contributed by atoms with Crippen molar-refractivity contribution in [2.75, 3.05) is 27.2 Å². The van der Waals surface area contributed by atoms with Crippen LogP contribution in [-0.2, 0) is 9.53 Å². The van der Waals surface area contributed by atoms with Gasteiger partial charge >= 0.3 is 6.09 Å². The zero-order valence-corrected chi connectivity index (χ0v) is 13.3. The van der Waals surface area contributed by atoms with E-state index in [1.807, 2.05) is 32.8 Å². The Hall–Kier alpha value is -1.10. The van der Waals surface area contributed by atoms with Crippen LogP contribution in [0.25, 0.3) is 0 Å². The van der Waals surface area contributed by atoms with Crippen molar-refractivity contribution in [3.8, 4) is 0 Å². The maximum Gasteiger partial charge on any atom is 0.417 e. The minimum Gasteiger partial charge on any atom is -0.443 e. The molecule has 0 unspecified atom stereocenters. The van der Waals surface area contributed by atoms with E-state index in [1.54, 1.807) is 20.8 Å². The summed E-state index contributed by atoms with van der Waals surface area (Å²) in [4.78, 5) is 27.3. The molecule has 112 valence electrons. The van der Waals surface area contributed by atoms with Gasteiger partial charge in [0.1, 0.15) is 5.60 Å². The van der Waals surface area contributed by atoms with Crippen molar-refractivity contribution in [1.29, 1.82) is 0 Å². The monoisotopic (exact) mass is 272 g/mol. The third-order valence-corrected chi connectivity index (χ3v) is 2.27. The topological polar surface area (TPSA) is 49.9 Å². The molecule has 2 amide bonds. The molecule has 5 nitrogen and oxygen atoms in total. The van der Waals surface area contributed by atoms with Crippen molar-refractivity contribution >= 4 is 12.0 Å². The number of likely N-dealkylation sites (N-methyl/N-ethyl adjacent to an activating group) is 1. The van der Waals surface area contributed by atoms with Gasteiger partial charge in [-0.05, 0) is 40.8 Å². The summed E-state index contributed by atoms with van der Waals surface area (Å²) < 4.78 is 5.28. The van der Waals surface area contributed by atoms with Crippen LogP contribution in [0.4, 0.5) is 4.79 Å². The van der Waals surface area contributed by atoms with Crippen molar-refractivity contribution in [1.82, 2.24) is 9.80 Å². The maximum absolute atomic E-state index is 12.1. The highest BCUT2D eigenvalue weighted by atomic mass is 16.6. The van der Waals surface area contributed by atoms with Gasteiger partial charge in [-0.3, -0.25) is 4.79 Å². The number of rotatable bonds is 5. The van der Waals surface area contributed by atoms with Gasteiger partial charge in [0.05, 0.1) is 0 Å². The molecule has 0 fully saturated rings. The predicted molar refractivity (Wildman–Crippen MR) is 76.0 cm³/mol. The van der Waals surface area contributed by atoms with Gasteiger partial charge in [-0.2, -0.15) is 0 Å². The predicted octanol–water partition coefficient (Wildman–Crippen LogP) is 2.36. The molecule has 0 saturated carbocycles. The Morgan fingerprint density at radius 2 is 1.63 bits per heavy atom. The first-order valence-electron chi connectivity index (χ1n) is 6.71. The molecule has 0 atom stereocenters. The third kappa shape index (κ3) is 8.59. The summed E-state index contributed by atoms with van der Waals surface area (Å²) in [5.41, 5.74) is -0.592. The Labute approximate surface area is 116 Å². The number of hydrogen-bond acceptors (Lipinski definition) is 4. The summed E-state index contributed by atoms with van der Waals surface area (Å²) in [7, 11) is 3.81. The molecule has 0 aromatic rings. The maximum atomic E-state index is 12.1. The van der Waals surface area contributed by atoms with Crippen LogP contribution in [0, 0.1) is 5.92 Å². The molecule has 0 spiro atoms. The van der Waals surface area contributed by atoms with Gasteiger partial charge in [0.25, 0.3) is 0 Å². The average molecular weight is 272 g/mol. The average Bonchev–Trinajstić information content (AvgIpc) is 2.12. The van der Waals surface area contributed by atoms with E-state index in [0.717, 1.165) is 0 Å². The quantitative estimate of drug-likeness (QED) is 0.771. The minimum absolute atomic E-state index is 0.175. The van der Waals surface area contributed by atoms with E-state index in [9.17, 15) is 9.59 Å². The largest absolute Gasteiger partial charge is 0.443 e. The number of ether oxygens (including phenoxy) is 1. The lowest BCUT2D eigenvalue weighted by Crippen LogP contribution is -2.44. The highest BCUT2D eigenvalue weighted by Gasteiger charge is 2.27. The molecule has 0 aliphatic carbocycles. The van der Waals surface area contributed by atoms with Crippen LogP contribution in [0.2, 0.25) is 0 Å². The number of amides is 2. The smallest absolute Gasteiger partial charge is 0.417 e. The highest BCUT2D eigenvalue weighted by molar-refractivity contribution is 5.92. The fourth-order valence-corrected chi connectivity index (χ4v) is 1.39. The lowest BCUT2D eigenvalue weighted by Gasteiger charge is -2.27. The molecule has 19 heavy (non-hydrogen) atoms. The Morgan fingerprint density at radius 3 is 2.00 bits per heavy atom. The molecular weight excluding hydrogens is 244 g/mol. The first-order chi connectivity index (χ1) is 8.53. The standard InChI is InChI=1S/C14H28N2O3/c1-11(2)10-12(17)16(9-8-15(6)7)13(18)19-14(3,4)5/h11H,8-10H2,1-7H3. The van der Waals surface area contributed by atoms with Crippen LogP contribution in [0.5, 0.6) is 0 Å². The second kappa shape index (κ2) is 7.48. The fourth-order valence-electron chi connectivity index (χ4n) is 1.39. The van der Waals surface area contributed by atoms with Gasteiger partial charge in [-0.15, -0.1) is 0 Å². The molecule has 0 aliphatic heterocycles. The van der Waals surface area contributed by atoms with Crippen LogP contribution in [0.1, 0.15) is 41.0 Å². The zero-order chi connectivity index (χ0) is 15.2. The molecule has 0 N–H and O–H groups in total. The van der Waals surface area contributed by atoms with Crippen molar-refractivity contribution in [2.24, 2.45) is 5.92 Å². The van der Waals surface area contributed by atoms with E-state index in [1.165, 1.54) is 4.90 Å². The molecule has 0 aromatic heterocycles. The summed E-state index contributed by atoms with van der Waals surface area (Å²) in [6.45, 7) is 10.3. The van der Waals surface area contributed by atoms with Crippen LogP contribution in [-0.4, -0.2) is 54.6 Å². The minimum atomic E-state index is -0.592. The van der Waals surface area contributed by atoms with E-state index in [-0.39, 0.29) is 11.8 Å². The number of nitrogens with zero attached hydrogens (tertiary/aromatic N) is 2. The Balaban J connectivity index is 4.74. The molecule has 0 saturated heterocycles. The number of carbonyl (C=O) groups excluding carboxylic acids is 2. The molecule has 0 aromatic carbocycles. The summed E-state index contributed by atoms with van der Waals surface area (Å²) >= 11 is 0. The second-order valence-electron chi connectivity index (χ2n) is 6.43. The van der Waals surface area contributed by atoms with Gasteiger partial charge < -0.3 is 9.64 Å². The van der Waals surface area contributed by atoms with Crippen molar-refractivity contribution in [3.05, 3.63) is 0 Å².